The summed E-state index contributed by atoms with van der Waals surface area (Å²) in [5, 5.41) is 9.01. The molecule has 102 valence electrons. The highest BCUT2D eigenvalue weighted by atomic mass is 16.4. The molecule has 1 heterocycles. The summed E-state index contributed by atoms with van der Waals surface area (Å²) in [6, 6.07) is 2.15. The molecule has 0 fully saturated rings. The van der Waals surface area contributed by atoms with Gasteiger partial charge in [-0.05, 0) is 32.9 Å². The molecular formula is C14H23NO3. The van der Waals surface area contributed by atoms with Crippen molar-refractivity contribution < 1.29 is 14.3 Å². The maximum Gasteiger partial charge on any atom is 0.372 e. The van der Waals surface area contributed by atoms with Gasteiger partial charge in [-0.2, -0.15) is 0 Å². The Morgan fingerprint density at radius 2 is 2.17 bits per heavy atom. The fourth-order valence-electron chi connectivity index (χ4n) is 1.95. The molecular weight excluding hydrogens is 230 g/mol. The molecule has 1 rings (SSSR count). The van der Waals surface area contributed by atoms with E-state index in [0.717, 1.165) is 18.5 Å². The third kappa shape index (κ3) is 4.18. The van der Waals surface area contributed by atoms with Crippen LogP contribution in [0.5, 0.6) is 0 Å². The van der Waals surface area contributed by atoms with Crippen molar-refractivity contribution >= 4 is 5.97 Å². The van der Waals surface area contributed by atoms with Crippen LogP contribution in [0.25, 0.3) is 0 Å². The number of nitrogens with zero attached hydrogens (tertiary/aromatic N) is 1. The fraction of sp³-hybridized carbons (Fsp3) is 0.643. The van der Waals surface area contributed by atoms with Crippen molar-refractivity contribution in [2.75, 3.05) is 6.54 Å². The van der Waals surface area contributed by atoms with Gasteiger partial charge in [-0.1, -0.05) is 19.8 Å². The molecule has 0 aliphatic carbocycles. The number of hydrogen-bond donors (Lipinski definition) is 1. The van der Waals surface area contributed by atoms with Crippen LogP contribution in [0.3, 0.4) is 0 Å². The molecule has 0 atom stereocenters. The molecule has 0 spiro atoms. The molecule has 1 N–H and O–H groups in total. The molecule has 0 unspecified atom stereocenters. The van der Waals surface area contributed by atoms with Gasteiger partial charge in [-0.25, -0.2) is 4.79 Å². The molecule has 0 aromatic carbocycles. The Morgan fingerprint density at radius 1 is 1.44 bits per heavy atom. The van der Waals surface area contributed by atoms with Crippen molar-refractivity contribution in [3.63, 3.8) is 0 Å². The minimum Gasteiger partial charge on any atom is -0.475 e. The second kappa shape index (κ2) is 7.21. The van der Waals surface area contributed by atoms with Gasteiger partial charge in [-0.15, -0.1) is 0 Å². The van der Waals surface area contributed by atoms with E-state index in [4.69, 9.17) is 9.52 Å². The molecule has 0 saturated heterocycles. The zero-order valence-electron chi connectivity index (χ0n) is 11.5. The Kier molecular flexibility index (Phi) is 5.92. The lowest BCUT2D eigenvalue weighted by atomic mass is 10.1. The van der Waals surface area contributed by atoms with Crippen LogP contribution in [0, 0.1) is 0 Å². The van der Waals surface area contributed by atoms with Gasteiger partial charge in [0, 0.05) is 18.2 Å². The third-order valence-electron chi connectivity index (χ3n) is 3.09. The number of hydrogen-bond acceptors (Lipinski definition) is 3. The predicted molar refractivity (Wildman–Crippen MR) is 70.7 cm³/mol. The van der Waals surface area contributed by atoms with Gasteiger partial charge in [0.05, 0.1) is 6.26 Å². The van der Waals surface area contributed by atoms with E-state index >= 15 is 0 Å². The monoisotopic (exact) mass is 253 g/mol. The van der Waals surface area contributed by atoms with Crippen LogP contribution >= 0.6 is 0 Å². The van der Waals surface area contributed by atoms with Crippen LogP contribution < -0.4 is 0 Å². The first-order chi connectivity index (χ1) is 8.56. The van der Waals surface area contributed by atoms with E-state index < -0.39 is 5.97 Å². The molecule has 1 aromatic rings. The number of aromatic carboxylic acids is 1. The standard InChI is InChI=1S/C14H23NO3/c1-4-5-6-8-15(11(2)3)10-12-7-9-18-13(12)14(16)17/h7,9,11H,4-6,8,10H2,1-3H3,(H,16,17). The molecule has 0 aliphatic heterocycles. The van der Waals surface area contributed by atoms with Crippen molar-refractivity contribution in [2.24, 2.45) is 0 Å². The lowest BCUT2D eigenvalue weighted by Crippen LogP contribution is -2.31. The quantitative estimate of drug-likeness (QED) is 0.722. The van der Waals surface area contributed by atoms with Crippen LogP contribution in [-0.4, -0.2) is 28.6 Å². The Morgan fingerprint density at radius 3 is 2.72 bits per heavy atom. The SMILES string of the molecule is CCCCCN(Cc1ccoc1C(=O)O)C(C)C. The van der Waals surface area contributed by atoms with Crippen LogP contribution in [0.2, 0.25) is 0 Å². The zero-order chi connectivity index (χ0) is 13.5. The number of carbonyl (C=O) groups is 1. The van der Waals surface area contributed by atoms with Crippen LogP contribution in [0.1, 0.15) is 56.2 Å². The normalized spacial score (nSPS) is 11.4. The maximum atomic E-state index is 11.0. The first-order valence-corrected chi connectivity index (χ1v) is 6.60. The Bertz CT molecular complexity index is 371. The molecule has 0 saturated carbocycles. The second-order valence-corrected chi connectivity index (χ2v) is 4.85. The first kappa shape index (κ1) is 14.8. The summed E-state index contributed by atoms with van der Waals surface area (Å²) in [5.41, 5.74) is 0.757. The summed E-state index contributed by atoms with van der Waals surface area (Å²) in [4.78, 5) is 13.3. The largest absolute Gasteiger partial charge is 0.475 e. The fourth-order valence-corrected chi connectivity index (χ4v) is 1.95. The van der Waals surface area contributed by atoms with Crippen LogP contribution in [0.15, 0.2) is 16.7 Å². The molecule has 1 aromatic heterocycles. The Labute approximate surface area is 109 Å². The molecule has 18 heavy (non-hydrogen) atoms. The van der Waals surface area contributed by atoms with Gasteiger partial charge >= 0.3 is 5.97 Å². The topological polar surface area (TPSA) is 53.7 Å². The van der Waals surface area contributed by atoms with Crippen molar-refractivity contribution in [1.82, 2.24) is 4.90 Å². The number of furan rings is 1. The minimum atomic E-state index is -0.993. The molecule has 0 aliphatic rings. The summed E-state index contributed by atoms with van der Waals surface area (Å²) in [6.45, 7) is 8.08. The van der Waals surface area contributed by atoms with E-state index in [1.807, 2.05) is 0 Å². The summed E-state index contributed by atoms with van der Waals surface area (Å²) in [6.07, 6.45) is 5.00. The minimum absolute atomic E-state index is 0.0659. The Balaban J connectivity index is 2.65. The van der Waals surface area contributed by atoms with E-state index in [1.165, 1.54) is 19.1 Å². The lowest BCUT2D eigenvalue weighted by molar-refractivity contribution is 0.0658. The predicted octanol–water partition coefficient (Wildman–Crippen LogP) is 3.38. The van der Waals surface area contributed by atoms with Gasteiger partial charge < -0.3 is 9.52 Å². The first-order valence-electron chi connectivity index (χ1n) is 6.60. The van der Waals surface area contributed by atoms with Crippen molar-refractivity contribution in [3.05, 3.63) is 23.7 Å². The number of carboxylic acids is 1. The van der Waals surface area contributed by atoms with Crippen LogP contribution in [-0.2, 0) is 6.54 Å². The molecule has 0 amide bonds. The summed E-state index contributed by atoms with van der Waals surface area (Å²) < 4.78 is 5.01. The van der Waals surface area contributed by atoms with E-state index in [1.54, 1.807) is 6.07 Å². The van der Waals surface area contributed by atoms with Gasteiger partial charge in [0.25, 0.3) is 0 Å². The van der Waals surface area contributed by atoms with E-state index in [-0.39, 0.29) is 5.76 Å². The van der Waals surface area contributed by atoms with Gasteiger partial charge in [0.2, 0.25) is 5.76 Å². The summed E-state index contributed by atoms with van der Waals surface area (Å²) >= 11 is 0. The van der Waals surface area contributed by atoms with E-state index in [9.17, 15) is 4.79 Å². The highest BCUT2D eigenvalue weighted by Gasteiger charge is 2.18. The van der Waals surface area contributed by atoms with E-state index in [2.05, 4.69) is 25.7 Å². The van der Waals surface area contributed by atoms with Gasteiger partial charge in [0.15, 0.2) is 0 Å². The maximum absolute atomic E-state index is 11.0. The van der Waals surface area contributed by atoms with Crippen molar-refractivity contribution in [3.8, 4) is 0 Å². The van der Waals surface area contributed by atoms with E-state index in [0.29, 0.717) is 12.6 Å². The molecule has 4 nitrogen and oxygen atoms in total. The highest BCUT2D eigenvalue weighted by molar-refractivity contribution is 5.86. The average Bonchev–Trinajstić information content (AvgIpc) is 2.76. The summed E-state index contributed by atoms with van der Waals surface area (Å²) in [5.74, 6) is -0.927. The van der Waals surface area contributed by atoms with Gasteiger partial charge in [-0.3, -0.25) is 4.90 Å². The average molecular weight is 253 g/mol. The van der Waals surface area contributed by atoms with Crippen molar-refractivity contribution in [1.29, 1.82) is 0 Å². The number of rotatable bonds is 8. The number of carboxylic acid groups (broad SMARTS) is 1. The molecule has 0 bridgehead atoms. The molecule has 4 heteroatoms. The third-order valence-corrected chi connectivity index (χ3v) is 3.09. The molecule has 0 radical (unpaired) electrons. The Hall–Kier alpha value is -1.29. The summed E-state index contributed by atoms with van der Waals surface area (Å²) in [7, 11) is 0. The second-order valence-electron chi connectivity index (χ2n) is 4.85. The van der Waals surface area contributed by atoms with Crippen LogP contribution in [0.4, 0.5) is 0 Å². The van der Waals surface area contributed by atoms with Crippen molar-refractivity contribution in [2.45, 2.75) is 52.6 Å². The lowest BCUT2D eigenvalue weighted by Gasteiger charge is -2.26. The highest BCUT2D eigenvalue weighted by Crippen LogP contribution is 2.15. The zero-order valence-corrected chi connectivity index (χ0v) is 11.5. The smallest absolute Gasteiger partial charge is 0.372 e. The number of unbranched alkanes of at least 4 members (excludes halogenated alkanes) is 2. The van der Waals surface area contributed by atoms with Gasteiger partial charge in [0.1, 0.15) is 0 Å².